The summed E-state index contributed by atoms with van der Waals surface area (Å²) in [6.45, 7) is 0.948. The molecule has 4 rings (SSSR count). The second-order valence-corrected chi connectivity index (χ2v) is 6.95. The van der Waals surface area contributed by atoms with E-state index < -0.39 is 4.92 Å². The minimum atomic E-state index is -0.411. The molecule has 0 spiro atoms. The highest BCUT2D eigenvalue weighted by molar-refractivity contribution is 6.07. The molecule has 148 valence electrons. The third-order valence-corrected chi connectivity index (χ3v) is 4.72. The number of hydrogen-bond donors (Lipinski definition) is 3. The summed E-state index contributed by atoms with van der Waals surface area (Å²) in [4.78, 5) is 27.9. The number of carbonyl (C=O) groups excluding carboxylic acids is 1. The molecule has 1 aromatic heterocycles. The summed E-state index contributed by atoms with van der Waals surface area (Å²) in [5, 5.41) is 21.2. The average molecular weight is 391 g/mol. The third kappa shape index (κ3) is 4.43. The van der Waals surface area contributed by atoms with Crippen molar-refractivity contribution in [3.05, 3.63) is 70.3 Å². The van der Waals surface area contributed by atoms with Gasteiger partial charge in [-0.2, -0.15) is 0 Å². The second-order valence-electron chi connectivity index (χ2n) is 6.95. The normalized spacial score (nSPS) is 13.1. The Morgan fingerprint density at radius 2 is 1.79 bits per heavy atom. The van der Waals surface area contributed by atoms with Gasteiger partial charge in [0.25, 0.3) is 11.6 Å². The van der Waals surface area contributed by atoms with Crippen molar-refractivity contribution in [1.29, 1.82) is 0 Å². The quantitative estimate of drug-likeness (QED) is 0.308. The lowest BCUT2D eigenvalue weighted by molar-refractivity contribution is -0.384. The van der Waals surface area contributed by atoms with E-state index in [4.69, 9.17) is 0 Å². The van der Waals surface area contributed by atoms with Gasteiger partial charge in [0.05, 0.1) is 16.0 Å². The molecule has 8 heteroatoms. The van der Waals surface area contributed by atoms with Gasteiger partial charge in [-0.3, -0.25) is 14.9 Å². The first-order valence-corrected chi connectivity index (χ1v) is 9.53. The van der Waals surface area contributed by atoms with Crippen LogP contribution in [0.1, 0.15) is 23.2 Å². The van der Waals surface area contributed by atoms with Crippen molar-refractivity contribution in [2.45, 2.75) is 18.9 Å². The average Bonchev–Trinajstić information content (AvgIpc) is 3.54. The van der Waals surface area contributed by atoms with E-state index in [-0.39, 0.29) is 17.6 Å². The first-order valence-electron chi connectivity index (χ1n) is 9.53. The molecule has 3 aromatic rings. The largest absolute Gasteiger partial charge is 0.378 e. The number of para-hydroxylation sites is 3. The van der Waals surface area contributed by atoms with Gasteiger partial charge in [0.2, 0.25) is 0 Å². The van der Waals surface area contributed by atoms with Gasteiger partial charge in [0.1, 0.15) is 11.5 Å². The summed E-state index contributed by atoms with van der Waals surface area (Å²) in [5.74, 6) is 0.501. The molecule has 29 heavy (non-hydrogen) atoms. The standard InChI is InChI=1S/C21H21N5O3/c27-21(24-14-9-10-14)16-13-20(25-17-6-2-1-5-15(16)17)23-12-11-22-18-7-3-4-8-19(18)26(28)29/h1-8,13-14,22H,9-12H2,(H,23,25)(H,24,27). The van der Waals surface area contributed by atoms with E-state index in [0.29, 0.717) is 30.2 Å². The number of amides is 1. The van der Waals surface area contributed by atoms with Crippen LogP contribution >= 0.6 is 0 Å². The summed E-state index contributed by atoms with van der Waals surface area (Å²) in [6.07, 6.45) is 2.05. The molecular formula is C21H21N5O3. The molecule has 0 radical (unpaired) electrons. The topological polar surface area (TPSA) is 109 Å². The van der Waals surface area contributed by atoms with E-state index in [2.05, 4.69) is 20.9 Å². The number of nitrogens with zero attached hydrogens (tertiary/aromatic N) is 2. The SMILES string of the molecule is O=C(NC1CC1)c1cc(NCCNc2ccccc2[N+](=O)[O-])nc2ccccc12. The number of pyridine rings is 1. The highest BCUT2D eigenvalue weighted by Crippen LogP contribution is 2.24. The molecule has 1 fully saturated rings. The second kappa shape index (κ2) is 8.14. The number of nitro groups is 1. The molecule has 1 heterocycles. The number of carbonyl (C=O) groups is 1. The fraction of sp³-hybridized carbons (Fsp3) is 0.238. The van der Waals surface area contributed by atoms with Crippen molar-refractivity contribution in [2.24, 2.45) is 0 Å². The van der Waals surface area contributed by atoms with E-state index in [1.165, 1.54) is 6.07 Å². The molecule has 8 nitrogen and oxygen atoms in total. The Morgan fingerprint density at radius 3 is 2.59 bits per heavy atom. The van der Waals surface area contributed by atoms with Crippen LogP contribution in [0.15, 0.2) is 54.6 Å². The smallest absolute Gasteiger partial charge is 0.292 e. The van der Waals surface area contributed by atoms with Crippen molar-refractivity contribution in [2.75, 3.05) is 23.7 Å². The van der Waals surface area contributed by atoms with Gasteiger partial charge in [0, 0.05) is 30.6 Å². The van der Waals surface area contributed by atoms with Crippen LogP contribution < -0.4 is 16.0 Å². The Hall–Kier alpha value is -3.68. The lowest BCUT2D eigenvalue weighted by atomic mass is 10.1. The van der Waals surface area contributed by atoms with Gasteiger partial charge in [-0.15, -0.1) is 0 Å². The number of rotatable bonds is 8. The summed E-state index contributed by atoms with van der Waals surface area (Å²) in [5.41, 5.74) is 1.84. The number of nitrogens with one attached hydrogen (secondary N) is 3. The Morgan fingerprint density at radius 1 is 1.07 bits per heavy atom. The summed E-state index contributed by atoms with van der Waals surface area (Å²) >= 11 is 0. The van der Waals surface area contributed by atoms with Crippen LogP contribution in [0.2, 0.25) is 0 Å². The van der Waals surface area contributed by atoms with Crippen LogP contribution in [0, 0.1) is 10.1 Å². The maximum Gasteiger partial charge on any atom is 0.292 e. The van der Waals surface area contributed by atoms with Crippen molar-refractivity contribution in [3.8, 4) is 0 Å². The van der Waals surface area contributed by atoms with Crippen LogP contribution in [0.4, 0.5) is 17.2 Å². The summed E-state index contributed by atoms with van der Waals surface area (Å²) in [7, 11) is 0. The Kier molecular flexibility index (Phi) is 5.24. The fourth-order valence-corrected chi connectivity index (χ4v) is 3.11. The predicted octanol–water partition coefficient (Wildman–Crippen LogP) is 3.56. The molecule has 1 aliphatic carbocycles. The first kappa shape index (κ1) is 18.7. The minimum Gasteiger partial charge on any atom is -0.378 e. The van der Waals surface area contributed by atoms with Crippen LogP contribution in [-0.2, 0) is 0 Å². The number of fused-ring (bicyclic) bond motifs is 1. The lowest BCUT2D eigenvalue weighted by Gasteiger charge is -2.12. The van der Waals surface area contributed by atoms with Gasteiger partial charge in [-0.25, -0.2) is 4.98 Å². The minimum absolute atomic E-state index is 0.0374. The zero-order valence-electron chi connectivity index (χ0n) is 15.7. The highest BCUT2D eigenvalue weighted by Gasteiger charge is 2.25. The number of benzene rings is 2. The molecule has 0 aliphatic heterocycles. The van der Waals surface area contributed by atoms with Crippen molar-refractivity contribution < 1.29 is 9.72 Å². The Labute approximate surface area is 167 Å². The Balaban J connectivity index is 1.45. The van der Waals surface area contributed by atoms with Gasteiger partial charge in [0.15, 0.2) is 0 Å². The molecule has 1 aliphatic rings. The Bertz CT molecular complexity index is 1070. The molecule has 0 atom stereocenters. The molecule has 2 aromatic carbocycles. The van der Waals surface area contributed by atoms with Crippen LogP contribution in [-0.4, -0.2) is 34.9 Å². The molecular weight excluding hydrogens is 370 g/mol. The van der Waals surface area contributed by atoms with E-state index in [1.807, 2.05) is 24.3 Å². The zero-order valence-corrected chi connectivity index (χ0v) is 15.7. The van der Waals surface area contributed by atoms with Gasteiger partial charge in [-0.1, -0.05) is 30.3 Å². The molecule has 1 saturated carbocycles. The lowest BCUT2D eigenvalue weighted by Crippen LogP contribution is -2.26. The maximum absolute atomic E-state index is 12.6. The molecule has 1 amide bonds. The van der Waals surface area contributed by atoms with E-state index in [0.717, 1.165) is 23.7 Å². The van der Waals surface area contributed by atoms with Gasteiger partial charge >= 0.3 is 0 Å². The van der Waals surface area contributed by atoms with Crippen LogP contribution in [0.3, 0.4) is 0 Å². The first-order chi connectivity index (χ1) is 14.1. The molecule has 3 N–H and O–H groups in total. The number of anilines is 2. The molecule has 0 saturated heterocycles. The summed E-state index contributed by atoms with van der Waals surface area (Å²) in [6, 6.07) is 16.1. The monoisotopic (exact) mass is 391 g/mol. The fourth-order valence-electron chi connectivity index (χ4n) is 3.11. The maximum atomic E-state index is 12.6. The molecule has 0 unspecified atom stereocenters. The highest BCUT2D eigenvalue weighted by atomic mass is 16.6. The van der Waals surface area contributed by atoms with Crippen LogP contribution in [0.5, 0.6) is 0 Å². The predicted molar refractivity (Wildman–Crippen MR) is 112 cm³/mol. The van der Waals surface area contributed by atoms with Gasteiger partial charge in [-0.05, 0) is 31.0 Å². The van der Waals surface area contributed by atoms with Gasteiger partial charge < -0.3 is 16.0 Å². The number of hydrogen-bond acceptors (Lipinski definition) is 6. The third-order valence-electron chi connectivity index (χ3n) is 4.72. The van der Waals surface area contributed by atoms with Crippen molar-refractivity contribution in [3.63, 3.8) is 0 Å². The van der Waals surface area contributed by atoms with E-state index in [9.17, 15) is 14.9 Å². The zero-order chi connectivity index (χ0) is 20.2. The van der Waals surface area contributed by atoms with Crippen molar-refractivity contribution >= 4 is 34.0 Å². The summed E-state index contributed by atoms with van der Waals surface area (Å²) < 4.78 is 0. The van der Waals surface area contributed by atoms with E-state index >= 15 is 0 Å². The van der Waals surface area contributed by atoms with Crippen molar-refractivity contribution in [1.82, 2.24) is 10.3 Å². The van der Waals surface area contributed by atoms with E-state index in [1.54, 1.807) is 24.3 Å². The molecule has 0 bridgehead atoms. The van der Waals surface area contributed by atoms with Crippen LogP contribution in [0.25, 0.3) is 10.9 Å². The number of aromatic nitrogens is 1. The number of nitro benzene ring substituents is 1.